The third-order valence-electron chi connectivity index (χ3n) is 3.15. The molecule has 2 rings (SSSR count). The molecule has 0 atom stereocenters. The standard InChI is InChI=1S/C17H21N3O/c1-12(2)19-11-14-6-8-15(9-7-14)20-17(21)16-13(3)5-4-10-18-16/h4-10,12,19H,11H2,1-3H3,(H,20,21). The fourth-order valence-corrected chi connectivity index (χ4v) is 1.94. The van der Waals surface area contributed by atoms with Gasteiger partial charge in [0.15, 0.2) is 0 Å². The predicted molar refractivity (Wildman–Crippen MR) is 85.3 cm³/mol. The van der Waals surface area contributed by atoms with Crippen LogP contribution in [-0.4, -0.2) is 16.9 Å². The summed E-state index contributed by atoms with van der Waals surface area (Å²) in [4.78, 5) is 16.3. The van der Waals surface area contributed by atoms with Gasteiger partial charge in [0.25, 0.3) is 5.91 Å². The van der Waals surface area contributed by atoms with Gasteiger partial charge in [-0.15, -0.1) is 0 Å². The minimum atomic E-state index is -0.179. The molecule has 21 heavy (non-hydrogen) atoms. The number of carbonyl (C=O) groups excluding carboxylic acids is 1. The Morgan fingerprint density at radius 3 is 2.52 bits per heavy atom. The van der Waals surface area contributed by atoms with E-state index in [9.17, 15) is 4.79 Å². The number of carbonyl (C=O) groups is 1. The highest BCUT2D eigenvalue weighted by atomic mass is 16.1. The lowest BCUT2D eigenvalue weighted by molar-refractivity contribution is 0.102. The second-order valence-corrected chi connectivity index (χ2v) is 5.36. The third kappa shape index (κ3) is 4.39. The minimum Gasteiger partial charge on any atom is -0.321 e. The lowest BCUT2D eigenvalue weighted by atomic mass is 10.1. The van der Waals surface area contributed by atoms with Gasteiger partial charge in [-0.25, -0.2) is 0 Å². The normalized spacial score (nSPS) is 10.7. The molecule has 0 unspecified atom stereocenters. The number of hydrogen-bond acceptors (Lipinski definition) is 3. The van der Waals surface area contributed by atoms with Gasteiger partial charge in [0.1, 0.15) is 5.69 Å². The van der Waals surface area contributed by atoms with Crippen molar-refractivity contribution in [2.75, 3.05) is 5.32 Å². The van der Waals surface area contributed by atoms with Gasteiger partial charge >= 0.3 is 0 Å². The van der Waals surface area contributed by atoms with E-state index in [1.165, 1.54) is 5.56 Å². The van der Waals surface area contributed by atoms with E-state index in [0.717, 1.165) is 17.8 Å². The van der Waals surface area contributed by atoms with Crippen molar-refractivity contribution < 1.29 is 4.79 Å². The lowest BCUT2D eigenvalue weighted by Crippen LogP contribution is -2.21. The van der Waals surface area contributed by atoms with Crippen LogP contribution in [0.1, 0.15) is 35.5 Å². The number of aryl methyl sites for hydroxylation is 1. The Hall–Kier alpha value is -2.20. The Labute approximate surface area is 125 Å². The zero-order chi connectivity index (χ0) is 15.2. The van der Waals surface area contributed by atoms with Crippen LogP contribution in [0.5, 0.6) is 0 Å². The molecule has 2 aromatic rings. The third-order valence-corrected chi connectivity index (χ3v) is 3.15. The molecular weight excluding hydrogens is 262 g/mol. The smallest absolute Gasteiger partial charge is 0.274 e. The maximum Gasteiger partial charge on any atom is 0.274 e. The van der Waals surface area contributed by atoms with Crippen molar-refractivity contribution >= 4 is 11.6 Å². The summed E-state index contributed by atoms with van der Waals surface area (Å²) in [6.07, 6.45) is 1.63. The number of nitrogens with one attached hydrogen (secondary N) is 2. The average molecular weight is 283 g/mol. The number of pyridine rings is 1. The first-order chi connectivity index (χ1) is 10.1. The summed E-state index contributed by atoms with van der Waals surface area (Å²) in [5.74, 6) is -0.179. The number of amides is 1. The molecule has 0 aliphatic rings. The van der Waals surface area contributed by atoms with Crippen molar-refractivity contribution in [3.05, 3.63) is 59.4 Å². The van der Waals surface area contributed by atoms with Crippen molar-refractivity contribution in [2.45, 2.75) is 33.4 Å². The number of aromatic nitrogens is 1. The SMILES string of the molecule is Cc1cccnc1C(=O)Nc1ccc(CNC(C)C)cc1. The fourth-order valence-electron chi connectivity index (χ4n) is 1.94. The van der Waals surface area contributed by atoms with Crippen LogP contribution in [0.25, 0.3) is 0 Å². The van der Waals surface area contributed by atoms with E-state index in [-0.39, 0.29) is 5.91 Å². The highest BCUT2D eigenvalue weighted by Crippen LogP contribution is 2.12. The van der Waals surface area contributed by atoms with Crippen LogP contribution in [0.15, 0.2) is 42.6 Å². The van der Waals surface area contributed by atoms with Gasteiger partial charge in [0, 0.05) is 24.5 Å². The van der Waals surface area contributed by atoms with Gasteiger partial charge < -0.3 is 10.6 Å². The van der Waals surface area contributed by atoms with Crippen LogP contribution in [-0.2, 0) is 6.54 Å². The maximum atomic E-state index is 12.1. The molecule has 110 valence electrons. The lowest BCUT2D eigenvalue weighted by Gasteiger charge is -2.10. The van der Waals surface area contributed by atoms with Crippen LogP contribution in [0, 0.1) is 6.92 Å². The van der Waals surface area contributed by atoms with Gasteiger partial charge in [-0.3, -0.25) is 9.78 Å². The van der Waals surface area contributed by atoms with Crippen molar-refractivity contribution in [1.29, 1.82) is 0 Å². The van der Waals surface area contributed by atoms with Crippen LogP contribution in [0.3, 0.4) is 0 Å². The molecular formula is C17H21N3O. The Bertz CT molecular complexity index is 606. The van der Waals surface area contributed by atoms with E-state index in [1.807, 2.05) is 43.3 Å². The zero-order valence-corrected chi connectivity index (χ0v) is 12.7. The second kappa shape index (κ2) is 6.99. The van der Waals surface area contributed by atoms with Crippen molar-refractivity contribution in [1.82, 2.24) is 10.3 Å². The summed E-state index contributed by atoms with van der Waals surface area (Å²) in [6, 6.07) is 12.0. The van der Waals surface area contributed by atoms with Crippen molar-refractivity contribution in [2.24, 2.45) is 0 Å². The molecule has 0 radical (unpaired) electrons. The van der Waals surface area contributed by atoms with E-state index in [2.05, 4.69) is 29.5 Å². The first-order valence-electron chi connectivity index (χ1n) is 7.11. The summed E-state index contributed by atoms with van der Waals surface area (Å²) in [5, 5.41) is 6.23. The number of rotatable bonds is 5. The Morgan fingerprint density at radius 1 is 1.19 bits per heavy atom. The summed E-state index contributed by atoms with van der Waals surface area (Å²) >= 11 is 0. The molecule has 0 fully saturated rings. The van der Waals surface area contributed by atoms with Gasteiger partial charge in [-0.2, -0.15) is 0 Å². The van der Waals surface area contributed by atoms with E-state index in [1.54, 1.807) is 6.20 Å². The molecule has 1 aromatic carbocycles. The maximum absolute atomic E-state index is 12.1. The van der Waals surface area contributed by atoms with Gasteiger partial charge in [-0.1, -0.05) is 32.0 Å². The van der Waals surface area contributed by atoms with E-state index < -0.39 is 0 Å². The highest BCUT2D eigenvalue weighted by molar-refractivity contribution is 6.03. The quantitative estimate of drug-likeness (QED) is 0.886. The number of benzene rings is 1. The Morgan fingerprint density at radius 2 is 1.90 bits per heavy atom. The molecule has 2 N–H and O–H groups in total. The highest BCUT2D eigenvalue weighted by Gasteiger charge is 2.10. The van der Waals surface area contributed by atoms with Crippen LogP contribution in [0.2, 0.25) is 0 Å². The van der Waals surface area contributed by atoms with Gasteiger partial charge in [-0.05, 0) is 36.2 Å². The van der Waals surface area contributed by atoms with E-state index in [0.29, 0.717) is 11.7 Å². The number of nitrogens with zero attached hydrogens (tertiary/aromatic N) is 1. The van der Waals surface area contributed by atoms with Crippen LogP contribution >= 0.6 is 0 Å². The largest absolute Gasteiger partial charge is 0.321 e. The van der Waals surface area contributed by atoms with Gasteiger partial charge in [0.2, 0.25) is 0 Å². The first-order valence-corrected chi connectivity index (χ1v) is 7.11. The Balaban J connectivity index is 2.00. The van der Waals surface area contributed by atoms with E-state index in [4.69, 9.17) is 0 Å². The summed E-state index contributed by atoms with van der Waals surface area (Å²) in [7, 11) is 0. The molecule has 0 aliphatic heterocycles. The van der Waals surface area contributed by atoms with E-state index >= 15 is 0 Å². The number of hydrogen-bond donors (Lipinski definition) is 2. The molecule has 0 spiro atoms. The summed E-state index contributed by atoms with van der Waals surface area (Å²) in [5.41, 5.74) is 3.30. The zero-order valence-electron chi connectivity index (χ0n) is 12.7. The van der Waals surface area contributed by atoms with Gasteiger partial charge in [0.05, 0.1) is 0 Å². The van der Waals surface area contributed by atoms with Crippen LogP contribution in [0.4, 0.5) is 5.69 Å². The monoisotopic (exact) mass is 283 g/mol. The minimum absolute atomic E-state index is 0.179. The molecule has 0 saturated carbocycles. The molecule has 0 saturated heterocycles. The molecule has 1 amide bonds. The molecule has 4 nitrogen and oxygen atoms in total. The molecule has 0 aliphatic carbocycles. The summed E-state index contributed by atoms with van der Waals surface area (Å²) in [6.45, 7) is 6.93. The first kappa shape index (κ1) is 15.2. The topological polar surface area (TPSA) is 54.0 Å². The van der Waals surface area contributed by atoms with Crippen molar-refractivity contribution in [3.63, 3.8) is 0 Å². The molecule has 1 heterocycles. The molecule has 4 heteroatoms. The predicted octanol–water partition coefficient (Wildman–Crippen LogP) is 3.14. The van der Waals surface area contributed by atoms with Crippen molar-refractivity contribution in [3.8, 4) is 0 Å². The molecule has 0 bridgehead atoms. The average Bonchev–Trinajstić information content (AvgIpc) is 2.47. The summed E-state index contributed by atoms with van der Waals surface area (Å²) < 4.78 is 0. The number of anilines is 1. The molecule has 1 aromatic heterocycles. The fraction of sp³-hybridized carbons (Fsp3) is 0.294. The van der Waals surface area contributed by atoms with Crippen LogP contribution < -0.4 is 10.6 Å². The Kier molecular flexibility index (Phi) is 5.06. The second-order valence-electron chi connectivity index (χ2n) is 5.36.